The summed E-state index contributed by atoms with van der Waals surface area (Å²) < 4.78 is 242. The van der Waals surface area contributed by atoms with Gasteiger partial charge in [-0.2, -0.15) is 70.2 Å². The van der Waals surface area contributed by atoms with Crippen molar-refractivity contribution >= 4 is 147 Å². The number of carbonyl (C=O) groups is 4. The Hall–Kier alpha value is -10.3. The second-order valence-corrected chi connectivity index (χ2v) is 33.0. The first-order chi connectivity index (χ1) is 57.1. The van der Waals surface area contributed by atoms with E-state index in [1.54, 1.807) is 55.4 Å². The van der Waals surface area contributed by atoms with Crippen LogP contribution in [0.4, 0.5) is 121 Å². The minimum atomic E-state index is -4.61. The highest BCUT2D eigenvalue weighted by atomic mass is 35.5. The van der Waals surface area contributed by atoms with Crippen LogP contribution in [0.5, 0.6) is 0 Å². The summed E-state index contributed by atoms with van der Waals surface area (Å²) in [6.07, 6.45) is -16.9. The second-order valence-electron chi connectivity index (χ2n) is 27.9. The maximum absolute atomic E-state index is 13.0. The number of nitrogens with one attached hydrogen (secondary N) is 5. The van der Waals surface area contributed by atoms with Gasteiger partial charge in [-0.3, -0.25) is 19.2 Å². The van der Waals surface area contributed by atoms with Crippen LogP contribution in [0.25, 0.3) is 0 Å². The number of amides is 4. The molecule has 0 bridgehead atoms. The van der Waals surface area contributed by atoms with Gasteiger partial charge in [-0.15, -0.1) is 0 Å². The van der Waals surface area contributed by atoms with Crippen LogP contribution in [0.3, 0.4) is 0 Å². The van der Waals surface area contributed by atoms with Crippen molar-refractivity contribution in [1.82, 2.24) is 79.0 Å². The first-order valence-electron chi connectivity index (χ1n) is 37.3. The Morgan fingerprint density at radius 2 is 0.739 bits per heavy atom. The van der Waals surface area contributed by atoms with Crippen LogP contribution >= 0.6 is 68.5 Å². The van der Waals surface area contributed by atoms with Gasteiger partial charge in [-0.25, -0.2) is 69.8 Å². The number of aromatic nitrogens is 15. The van der Waals surface area contributed by atoms with Gasteiger partial charge in [0.1, 0.15) is 45.0 Å². The summed E-state index contributed by atoms with van der Waals surface area (Å²) in [7, 11) is 0. The second kappa shape index (κ2) is 35.5. The number of rotatable bonds is 18. The van der Waals surface area contributed by atoms with E-state index in [9.17, 15) is 85.0 Å². The van der Waals surface area contributed by atoms with E-state index in [1.807, 2.05) is 6.92 Å². The van der Waals surface area contributed by atoms with Crippen LogP contribution in [0, 0.1) is 62.3 Å². The van der Waals surface area contributed by atoms with E-state index in [1.165, 1.54) is 75.7 Å². The molecule has 12 rings (SSSR count). The number of nitrogens with two attached hydrogens (primary N) is 3. The lowest BCUT2D eigenvalue weighted by Crippen LogP contribution is -2.35. The van der Waals surface area contributed by atoms with Crippen molar-refractivity contribution < 1.29 is 93.3 Å². The molecule has 49 heteroatoms. The van der Waals surface area contributed by atoms with E-state index in [0.29, 0.717) is 64.6 Å². The van der Waals surface area contributed by atoms with Gasteiger partial charge in [0.15, 0.2) is 5.15 Å². The average molecular weight is 1800 g/mol. The smallest absolute Gasteiger partial charge is 0.369 e. The molecule has 28 nitrogen and oxygen atoms in total. The number of hydrogen-bond donors (Lipinski definition) is 8. The lowest BCUT2D eigenvalue weighted by molar-refractivity contribution is -0.139. The zero-order valence-corrected chi connectivity index (χ0v) is 69.7. The standard InChI is InChI=1S/C16H18F3N5OS.2C14H16F3N5OS.C13H13ClF3N5OS.C13H13F3N4S/c1-8-10(16(17,18)19)7-20-14(22-8)23-11-9(2)21-12(26-11)15(3)5-6-24(4)13(15)25;2*1-6-8(14(15,16)17)5-19-12(21-6)22-9-7(2)20-11(24-9)13(3,4)10(18)23;1-5-6(13(15,16)17)4-19-11(20-5)22-8-7(14)21-10(24-8)12(2,3)9(18)23;1-6-10(8-3-4-8)20-21-11(6)19-12-17-5-9(7(2)18-12)13(14,15)16/h7H,5-6H2,1-4H3,(H,20,22,23);2*5H,1-4H3,(H2,18,23)(H,19,21,22);4H,1-3H3,(H2,18,23)(H,19,20,22);5,8H,3-4H2,1-2H3,(H,17,18,19)/i3D3,4D3;;;;. The molecule has 1 aliphatic carbocycles. The molecule has 1 unspecified atom stereocenters. The fourth-order valence-corrected chi connectivity index (χ4v) is 15.2. The third kappa shape index (κ3) is 22.6. The van der Waals surface area contributed by atoms with Gasteiger partial charge in [0, 0.05) is 64.2 Å². The zero-order chi connectivity index (χ0) is 94.3. The Kier molecular flexibility index (Phi) is 25.4. The van der Waals surface area contributed by atoms with Crippen molar-refractivity contribution in [2.75, 3.05) is 40.1 Å². The number of thiazole rings is 4. The predicted octanol–water partition coefficient (Wildman–Crippen LogP) is 17.2. The highest BCUT2D eigenvalue weighted by molar-refractivity contribution is 7.17. The molecule has 0 aromatic carbocycles. The molecule has 1 aliphatic heterocycles. The Bertz CT molecular complexity index is 5360. The molecular weight excluding hydrogens is 1720 g/mol. The number of primary amides is 3. The number of likely N-dealkylation sites (N-methyl/N-ethyl adjacent to an activating group) is 1. The number of alkyl halides is 15. The highest BCUT2D eigenvalue weighted by Crippen LogP contribution is 2.46. The van der Waals surface area contributed by atoms with E-state index < -0.39 is 118 Å². The van der Waals surface area contributed by atoms with Gasteiger partial charge in [0.05, 0.1) is 101 Å². The minimum absolute atomic E-state index is 0.0238. The monoisotopic (exact) mass is 1800 g/mol. The topological polar surface area (TPSA) is 403 Å². The Morgan fingerprint density at radius 3 is 1.03 bits per heavy atom. The van der Waals surface area contributed by atoms with Gasteiger partial charge < -0.3 is 48.7 Å². The lowest BCUT2D eigenvalue weighted by atomic mass is 9.90. The lowest BCUT2D eigenvalue weighted by Gasteiger charge is -2.18. The summed E-state index contributed by atoms with van der Waals surface area (Å²) in [5, 5.41) is 17.7. The highest BCUT2D eigenvalue weighted by Gasteiger charge is 2.46. The minimum Gasteiger partial charge on any atom is -0.369 e. The van der Waals surface area contributed by atoms with Gasteiger partial charge in [-0.05, 0) is 142 Å². The molecule has 2 aliphatic rings. The van der Waals surface area contributed by atoms with Crippen molar-refractivity contribution in [3.8, 4) is 0 Å². The SMILES string of the molecule is Cc1nc(Nc2sc(C(C)(C)C(N)=O)nc2C)ncc1C(F)(F)F.Cc1nc(Nc2sc(C(C)(C)C(N)=O)nc2C)ncc1C(F)(F)F.Cc1nc(Nc2sc(C(C)(C)C(N)=O)nc2Cl)ncc1C(F)(F)F.Cc1nc(Nc2snc(C3CC3)c2C)ncc1C(F)(F)F.[2H]C([2H])([2H])N1CCC(c2nc(C)c(Nc3ncc(C(F)(F)F)c(C)n3)s2)(C([2H])([2H])[2H])C1=O. The molecule has 642 valence electrons. The number of carbonyl (C=O) groups excluding carboxylic acids is 4. The largest absolute Gasteiger partial charge is 0.419 e. The first-order valence-corrected chi connectivity index (χ1v) is 38.7. The zero-order valence-electron chi connectivity index (χ0n) is 70.9. The van der Waals surface area contributed by atoms with Crippen molar-refractivity contribution in [2.24, 2.45) is 17.2 Å². The number of hydrogen-bond acceptors (Lipinski definition) is 29. The number of halogens is 16. The van der Waals surface area contributed by atoms with Gasteiger partial charge >= 0.3 is 30.9 Å². The number of aryl methyl sites for hydroxylation is 8. The Balaban J connectivity index is 0.000000195. The summed E-state index contributed by atoms with van der Waals surface area (Å²) in [5.41, 5.74) is 9.01. The first kappa shape index (κ1) is 85.1. The van der Waals surface area contributed by atoms with Crippen LogP contribution in [0.15, 0.2) is 31.0 Å². The summed E-state index contributed by atoms with van der Waals surface area (Å²) in [4.78, 5) is 102. The van der Waals surface area contributed by atoms with Crippen LogP contribution in [-0.2, 0) is 71.7 Å². The van der Waals surface area contributed by atoms with E-state index in [0.717, 1.165) is 70.4 Å². The van der Waals surface area contributed by atoms with Crippen LogP contribution < -0.4 is 43.8 Å². The predicted molar refractivity (Wildman–Crippen MR) is 418 cm³/mol. The van der Waals surface area contributed by atoms with Crippen LogP contribution in [0.1, 0.15) is 186 Å². The van der Waals surface area contributed by atoms with Crippen molar-refractivity contribution in [1.29, 1.82) is 0 Å². The summed E-state index contributed by atoms with van der Waals surface area (Å²) in [5.74, 6) is -2.18. The molecule has 10 aromatic rings. The Morgan fingerprint density at radius 1 is 0.445 bits per heavy atom. The van der Waals surface area contributed by atoms with Crippen molar-refractivity contribution in [3.63, 3.8) is 0 Å². The van der Waals surface area contributed by atoms with Crippen molar-refractivity contribution in [2.45, 2.75) is 188 Å². The number of anilines is 10. The third-order valence-electron chi connectivity index (χ3n) is 17.6. The van der Waals surface area contributed by atoms with Crippen LogP contribution in [-0.4, -0.2) is 116 Å². The molecule has 1 saturated heterocycles. The summed E-state index contributed by atoms with van der Waals surface area (Å²) >= 11 is 11.5. The van der Waals surface area contributed by atoms with E-state index >= 15 is 0 Å². The maximum Gasteiger partial charge on any atom is 0.419 e. The van der Waals surface area contributed by atoms with Gasteiger partial charge in [-0.1, -0.05) is 56.9 Å². The molecule has 119 heavy (non-hydrogen) atoms. The molecule has 11 N–H and O–H groups in total. The van der Waals surface area contributed by atoms with Gasteiger partial charge in [0.2, 0.25) is 53.4 Å². The number of likely N-dealkylation sites (tertiary alicyclic amines) is 1. The molecule has 4 amide bonds. The maximum atomic E-state index is 13.0. The van der Waals surface area contributed by atoms with Gasteiger partial charge in [0.25, 0.3) is 0 Å². The summed E-state index contributed by atoms with van der Waals surface area (Å²) in [6.45, 7) is 16.9. The third-order valence-corrected chi connectivity index (χ3v) is 24.2. The normalized spacial score (nSPS) is 15.6. The molecule has 1 saturated carbocycles. The molecule has 1 atom stereocenters. The average Bonchev–Trinajstić information content (AvgIpc) is 1.57. The molecular formula is C70H76ClF15N24O4S5. The summed E-state index contributed by atoms with van der Waals surface area (Å²) in [6, 6.07) is 0. The fourth-order valence-electron chi connectivity index (χ4n) is 9.87. The molecule has 2 fully saturated rings. The van der Waals surface area contributed by atoms with Crippen LogP contribution in [0.2, 0.25) is 5.15 Å². The molecule has 11 heterocycles. The van der Waals surface area contributed by atoms with E-state index in [4.69, 9.17) is 37.0 Å². The van der Waals surface area contributed by atoms with Crippen molar-refractivity contribution in [3.05, 3.63) is 141 Å². The molecule has 0 radical (unpaired) electrons. The van der Waals surface area contributed by atoms with E-state index in [-0.39, 0.29) is 92.0 Å². The molecule has 0 spiro atoms. The van der Waals surface area contributed by atoms with E-state index in [2.05, 4.69) is 101 Å². The fraction of sp³-hybridized carbons (Fsp3) is 0.443. The quantitative estimate of drug-likeness (QED) is 0.0370. The molecule has 10 aromatic heterocycles. The Labute approximate surface area is 702 Å². The number of nitrogens with zero attached hydrogens (tertiary/aromatic N) is 16.